The van der Waals surface area contributed by atoms with Crippen LogP contribution in [0.2, 0.25) is 0 Å². The molecule has 162 valence electrons. The molecule has 1 atom stereocenters. The van der Waals surface area contributed by atoms with E-state index in [1.807, 2.05) is 6.92 Å². The van der Waals surface area contributed by atoms with E-state index >= 15 is 0 Å². The molecule has 0 aliphatic carbocycles. The highest BCUT2D eigenvalue weighted by atomic mass is 79.9. The van der Waals surface area contributed by atoms with Gasteiger partial charge in [0.15, 0.2) is 6.61 Å². The smallest absolute Gasteiger partial charge is 0.311 e. The number of anilines is 2. The molecule has 0 saturated carbocycles. The van der Waals surface area contributed by atoms with Crippen LogP contribution in [0.5, 0.6) is 0 Å². The lowest BCUT2D eigenvalue weighted by Gasteiger charge is -2.16. The maximum atomic E-state index is 12.4. The van der Waals surface area contributed by atoms with Crippen molar-refractivity contribution in [2.75, 3.05) is 23.4 Å². The Labute approximate surface area is 186 Å². The van der Waals surface area contributed by atoms with Crippen molar-refractivity contribution in [3.05, 3.63) is 62.1 Å². The summed E-state index contributed by atoms with van der Waals surface area (Å²) in [5.74, 6) is -2.25. The summed E-state index contributed by atoms with van der Waals surface area (Å²) in [4.78, 5) is 48.7. The molecule has 0 aromatic heterocycles. The minimum Gasteiger partial charge on any atom is -0.455 e. The third-order valence-corrected chi connectivity index (χ3v) is 5.84. The number of carbonyl (C=O) groups is 3. The van der Waals surface area contributed by atoms with Crippen LogP contribution in [0.1, 0.15) is 17.5 Å². The van der Waals surface area contributed by atoms with Gasteiger partial charge in [0.25, 0.3) is 11.6 Å². The standard InChI is InChI=1S/C21H20BrN3O6/c1-12-3-5-16(9-18(12)25(29)30)24-10-14(8-20(24)27)21(28)31-11-19(26)23-15-4-6-17(22)13(2)7-15/h3-7,9,14H,8,10-11H2,1-2H3,(H,23,26)/t14-/m1/s1. The Morgan fingerprint density at radius 1 is 1.23 bits per heavy atom. The number of esters is 1. The van der Waals surface area contributed by atoms with Gasteiger partial charge < -0.3 is 15.0 Å². The molecule has 0 unspecified atom stereocenters. The molecule has 2 amide bonds. The molecule has 31 heavy (non-hydrogen) atoms. The zero-order valence-electron chi connectivity index (χ0n) is 16.9. The van der Waals surface area contributed by atoms with E-state index in [2.05, 4.69) is 21.2 Å². The molecule has 1 fully saturated rings. The van der Waals surface area contributed by atoms with E-state index in [1.54, 1.807) is 37.3 Å². The summed E-state index contributed by atoms with van der Waals surface area (Å²) in [5, 5.41) is 13.8. The Kier molecular flexibility index (Phi) is 6.69. The molecule has 0 spiro atoms. The van der Waals surface area contributed by atoms with Crippen LogP contribution in [0.25, 0.3) is 0 Å². The third kappa shape index (κ3) is 5.26. The van der Waals surface area contributed by atoms with Gasteiger partial charge in [-0.1, -0.05) is 22.0 Å². The summed E-state index contributed by atoms with van der Waals surface area (Å²) in [7, 11) is 0. The summed E-state index contributed by atoms with van der Waals surface area (Å²) >= 11 is 3.38. The van der Waals surface area contributed by atoms with E-state index in [0.29, 0.717) is 16.9 Å². The van der Waals surface area contributed by atoms with Crippen LogP contribution in [-0.2, 0) is 19.1 Å². The van der Waals surface area contributed by atoms with Crippen molar-refractivity contribution in [1.82, 2.24) is 0 Å². The van der Waals surface area contributed by atoms with Gasteiger partial charge in [0.2, 0.25) is 5.91 Å². The minimum absolute atomic E-state index is 0.0331. The van der Waals surface area contributed by atoms with Crippen molar-refractivity contribution in [3.63, 3.8) is 0 Å². The van der Waals surface area contributed by atoms with Gasteiger partial charge >= 0.3 is 5.97 Å². The van der Waals surface area contributed by atoms with Gasteiger partial charge in [-0.25, -0.2) is 0 Å². The fourth-order valence-corrected chi connectivity index (χ4v) is 3.50. The number of hydrogen-bond acceptors (Lipinski definition) is 6. The Bertz CT molecular complexity index is 1070. The highest BCUT2D eigenvalue weighted by Crippen LogP contribution is 2.30. The normalized spacial score (nSPS) is 15.6. The first-order valence-corrected chi connectivity index (χ1v) is 10.2. The van der Waals surface area contributed by atoms with Crippen molar-refractivity contribution in [2.45, 2.75) is 20.3 Å². The maximum absolute atomic E-state index is 12.4. The van der Waals surface area contributed by atoms with E-state index < -0.39 is 29.3 Å². The Hall–Kier alpha value is -3.27. The van der Waals surface area contributed by atoms with Gasteiger partial charge in [-0.3, -0.25) is 24.5 Å². The van der Waals surface area contributed by atoms with E-state index in [1.165, 1.54) is 11.0 Å². The first-order chi connectivity index (χ1) is 14.7. The molecule has 2 aromatic carbocycles. The average molecular weight is 490 g/mol. The average Bonchev–Trinajstić information content (AvgIpc) is 3.11. The van der Waals surface area contributed by atoms with Gasteiger partial charge in [0, 0.05) is 34.8 Å². The van der Waals surface area contributed by atoms with E-state index in [9.17, 15) is 24.5 Å². The van der Waals surface area contributed by atoms with Gasteiger partial charge in [0.05, 0.1) is 16.5 Å². The lowest BCUT2D eigenvalue weighted by molar-refractivity contribution is -0.385. The number of nitrogens with zero attached hydrogens (tertiary/aromatic N) is 2. The predicted molar refractivity (Wildman–Crippen MR) is 117 cm³/mol. The van der Waals surface area contributed by atoms with Crippen LogP contribution in [0.3, 0.4) is 0 Å². The molecule has 1 heterocycles. The molecule has 0 bridgehead atoms. The molecule has 10 heteroatoms. The largest absolute Gasteiger partial charge is 0.455 e. The Balaban J connectivity index is 1.57. The lowest BCUT2D eigenvalue weighted by atomic mass is 10.1. The van der Waals surface area contributed by atoms with Crippen LogP contribution in [0.4, 0.5) is 17.1 Å². The predicted octanol–water partition coefficient (Wildman–Crippen LogP) is 3.51. The second kappa shape index (κ2) is 9.25. The second-order valence-corrected chi connectivity index (χ2v) is 8.11. The molecule has 1 saturated heterocycles. The van der Waals surface area contributed by atoms with Crippen molar-refractivity contribution in [1.29, 1.82) is 0 Å². The van der Waals surface area contributed by atoms with Crippen LogP contribution >= 0.6 is 15.9 Å². The number of halogens is 1. The zero-order valence-corrected chi connectivity index (χ0v) is 18.5. The number of amides is 2. The number of rotatable bonds is 6. The second-order valence-electron chi connectivity index (χ2n) is 7.25. The molecule has 1 aliphatic heterocycles. The number of hydrogen-bond donors (Lipinski definition) is 1. The fraction of sp³-hybridized carbons (Fsp3) is 0.286. The molecule has 9 nitrogen and oxygen atoms in total. The minimum atomic E-state index is -0.754. The number of benzene rings is 2. The highest BCUT2D eigenvalue weighted by molar-refractivity contribution is 9.10. The SMILES string of the molecule is Cc1cc(NC(=O)COC(=O)[C@@H]2CC(=O)N(c3ccc(C)c([N+](=O)[O-])c3)C2)ccc1Br. The summed E-state index contributed by atoms with van der Waals surface area (Å²) in [5.41, 5.74) is 2.24. The van der Waals surface area contributed by atoms with Crippen LogP contribution in [-0.4, -0.2) is 35.9 Å². The van der Waals surface area contributed by atoms with Gasteiger partial charge in [-0.15, -0.1) is 0 Å². The van der Waals surface area contributed by atoms with Gasteiger partial charge in [-0.2, -0.15) is 0 Å². The summed E-state index contributed by atoms with van der Waals surface area (Å²) < 4.78 is 5.99. The van der Waals surface area contributed by atoms with Gasteiger partial charge in [0.1, 0.15) is 0 Å². The van der Waals surface area contributed by atoms with E-state index in [0.717, 1.165) is 10.0 Å². The summed E-state index contributed by atoms with van der Waals surface area (Å²) in [6.07, 6.45) is -0.0893. The Morgan fingerprint density at radius 3 is 2.65 bits per heavy atom. The molecular weight excluding hydrogens is 470 g/mol. The first kappa shape index (κ1) is 22.4. The number of nitro benzene ring substituents is 1. The maximum Gasteiger partial charge on any atom is 0.311 e. The number of ether oxygens (including phenoxy) is 1. The van der Waals surface area contributed by atoms with Crippen LogP contribution in [0, 0.1) is 29.9 Å². The molecule has 2 aromatic rings. The van der Waals surface area contributed by atoms with Crippen LogP contribution < -0.4 is 10.2 Å². The highest BCUT2D eigenvalue weighted by Gasteiger charge is 2.37. The quantitative estimate of drug-likeness (QED) is 0.376. The molecular formula is C21H20BrN3O6. The number of carbonyl (C=O) groups excluding carboxylic acids is 3. The zero-order chi connectivity index (χ0) is 22.7. The number of nitro groups is 1. The molecule has 3 rings (SSSR count). The van der Waals surface area contributed by atoms with Crippen molar-refractivity contribution in [2.24, 2.45) is 5.92 Å². The van der Waals surface area contributed by atoms with Crippen molar-refractivity contribution in [3.8, 4) is 0 Å². The van der Waals surface area contributed by atoms with Crippen molar-refractivity contribution < 1.29 is 24.0 Å². The number of nitrogens with one attached hydrogen (secondary N) is 1. The lowest BCUT2D eigenvalue weighted by Crippen LogP contribution is -2.28. The molecule has 0 radical (unpaired) electrons. The summed E-state index contributed by atoms with van der Waals surface area (Å²) in [6.45, 7) is 3.04. The Morgan fingerprint density at radius 2 is 1.97 bits per heavy atom. The third-order valence-electron chi connectivity index (χ3n) is 4.95. The van der Waals surface area contributed by atoms with E-state index in [-0.39, 0.29) is 24.6 Å². The monoisotopic (exact) mass is 489 g/mol. The van der Waals surface area contributed by atoms with Crippen molar-refractivity contribution >= 4 is 50.8 Å². The molecule has 1 N–H and O–H groups in total. The summed E-state index contributed by atoms with van der Waals surface area (Å²) in [6, 6.07) is 9.75. The topological polar surface area (TPSA) is 119 Å². The fourth-order valence-electron chi connectivity index (χ4n) is 3.25. The molecule has 1 aliphatic rings. The number of aryl methyl sites for hydroxylation is 2. The van der Waals surface area contributed by atoms with Crippen LogP contribution in [0.15, 0.2) is 40.9 Å². The van der Waals surface area contributed by atoms with Gasteiger partial charge in [-0.05, 0) is 43.7 Å². The first-order valence-electron chi connectivity index (χ1n) is 9.43. The van der Waals surface area contributed by atoms with E-state index in [4.69, 9.17) is 4.74 Å².